The summed E-state index contributed by atoms with van der Waals surface area (Å²) in [6.45, 7) is 8.32. The summed E-state index contributed by atoms with van der Waals surface area (Å²) in [7, 11) is 0. The molecule has 0 aromatic rings. The summed E-state index contributed by atoms with van der Waals surface area (Å²) in [5.41, 5.74) is 0.115. The molecule has 7 atom stereocenters. The molecule has 29 heavy (non-hydrogen) atoms. The summed E-state index contributed by atoms with van der Waals surface area (Å²) in [6, 6.07) is 0.155. The molecule has 0 bridgehead atoms. The number of fused-ring (bicyclic) bond motifs is 1. The SMILES string of the molecule is CC(C(=O)N1CCCCC1)C1CCC2(C)CCC(NC(=O)C3CC3)C(C)C2C1O. The van der Waals surface area contributed by atoms with Crippen molar-refractivity contribution >= 4 is 11.8 Å². The maximum atomic E-state index is 13.1. The Balaban J connectivity index is 1.46. The van der Waals surface area contributed by atoms with Gasteiger partial charge in [-0.3, -0.25) is 9.59 Å². The number of nitrogens with zero attached hydrogens (tertiary/aromatic N) is 1. The van der Waals surface area contributed by atoms with Crippen LogP contribution in [0.5, 0.6) is 0 Å². The van der Waals surface area contributed by atoms with Gasteiger partial charge in [-0.05, 0) is 81.0 Å². The topological polar surface area (TPSA) is 69.6 Å². The molecule has 5 heteroatoms. The van der Waals surface area contributed by atoms with E-state index in [1.807, 2.05) is 11.8 Å². The van der Waals surface area contributed by atoms with Crippen LogP contribution in [0.4, 0.5) is 0 Å². The lowest BCUT2D eigenvalue weighted by Gasteiger charge is -2.56. The highest BCUT2D eigenvalue weighted by Gasteiger charge is 2.54. The van der Waals surface area contributed by atoms with Gasteiger partial charge in [0, 0.05) is 31.0 Å². The molecule has 1 saturated heterocycles. The van der Waals surface area contributed by atoms with E-state index in [-0.39, 0.29) is 52.9 Å². The van der Waals surface area contributed by atoms with Crippen molar-refractivity contribution in [1.29, 1.82) is 0 Å². The van der Waals surface area contributed by atoms with Crippen molar-refractivity contribution in [1.82, 2.24) is 10.2 Å². The monoisotopic (exact) mass is 404 g/mol. The van der Waals surface area contributed by atoms with Crippen LogP contribution in [0.1, 0.15) is 78.6 Å². The summed E-state index contributed by atoms with van der Waals surface area (Å²) in [4.78, 5) is 27.5. The first-order chi connectivity index (χ1) is 13.8. The second-order valence-electron chi connectivity index (χ2n) is 10.8. The first-order valence-corrected chi connectivity index (χ1v) is 12.1. The van der Waals surface area contributed by atoms with Crippen LogP contribution in [-0.4, -0.2) is 47.1 Å². The zero-order valence-electron chi connectivity index (χ0n) is 18.5. The first kappa shape index (κ1) is 21.1. The van der Waals surface area contributed by atoms with Crippen LogP contribution < -0.4 is 5.32 Å². The van der Waals surface area contributed by atoms with Crippen LogP contribution in [0.3, 0.4) is 0 Å². The number of aliphatic hydroxyl groups excluding tert-OH is 1. The molecule has 0 aromatic carbocycles. The van der Waals surface area contributed by atoms with Crippen LogP contribution in [0.2, 0.25) is 0 Å². The maximum absolute atomic E-state index is 13.1. The molecule has 5 nitrogen and oxygen atoms in total. The summed E-state index contributed by atoms with van der Waals surface area (Å²) in [5, 5.41) is 14.8. The number of nitrogens with one attached hydrogen (secondary N) is 1. The predicted octanol–water partition coefficient (Wildman–Crippen LogP) is 3.35. The predicted molar refractivity (Wildman–Crippen MR) is 113 cm³/mol. The molecule has 164 valence electrons. The Labute approximate surface area is 176 Å². The highest BCUT2D eigenvalue weighted by Crippen LogP contribution is 2.55. The quantitative estimate of drug-likeness (QED) is 0.755. The number of likely N-dealkylation sites (tertiary alicyclic amines) is 1. The largest absolute Gasteiger partial charge is 0.392 e. The highest BCUT2D eigenvalue weighted by atomic mass is 16.3. The Morgan fingerprint density at radius 3 is 2.38 bits per heavy atom. The van der Waals surface area contributed by atoms with Crippen LogP contribution in [0.25, 0.3) is 0 Å². The lowest BCUT2D eigenvalue weighted by atomic mass is 9.51. The fraction of sp³-hybridized carbons (Fsp3) is 0.917. The Kier molecular flexibility index (Phi) is 5.98. The minimum Gasteiger partial charge on any atom is -0.392 e. The molecule has 1 aliphatic heterocycles. The third-order valence-electron chi connectivity index (χ3n) is 8.86. The van der Waals surface area contributed by atoms with E-state index in [1.165, 1.54) is 6.42 Å². The maximum Gasteiger partial charge on any atom is 0.225 e. The molecular formula is C24H40N2O3. The summed E-state index contributed by atoms with van der Waals surface area (Å²) < 4.78 is 0. The molecule has 4 fully saturated rings. The number of amides is 2. The van der Waals surface area contributed by atoms with Crippen molar-refractivity contribution in [3.63, 3.8) is 0 Å². The minimum absolute atomic E-state index is 0.0304. The van der Waals surface area contributed by atoms with E-state index in [0.29, 0.717) is 0 Å². The van der Waals surface area contributed by atoms with E-state index in [1.54, 1.807) is 0 Å². The van der Waals surface area contributed by atoms with Crippen LogP contribution in [0.15, 0.2) is 0 Å². The fourth-order valence-electron chi connectivity index (χ4n) is 6.73. The van der Waals surface area contributed by atoms with Crippen LogP contribution in [-0.2, 0) is 9.59 Å². The zero-order chi connectivity index (χ0) is 20.8. The van der Waals surface area contributed by atoms with Crippen molar-refractivity contribution < 1.29 is 14.7 Å². The minimum atomic E-state index is -0.465. The van der Waals surface area contributed by atoms with Crippen molar-refractivity contribution in [2.24, 2.45) is 35.0 Å². The van der Waals surface area contributed by atoms with E-state index in [4.69, 9.17) is 0 Å². The molecule has 7 unspecified atom stereocenters. The van der Waals surface area contributed by atoms with Gasteiger partial charge in [-0.15, -0.1) is 0 Å². The van der Waals surface area contributed by atoms with Gasteiger partial charge in [0.2, 0.25) is 11.8 Å². The van der Waals surface area contributed by atoms with E-state index in [2.05, 4.69) is 19.2 Å². The molecule has 3 saturated carbocycles. The summed E-state index contributed by atoms with van der Waals surface area (Å²) >= 11 is 0. The molecule has 2 amide bonds. The molecule has 3 aliphatic carbocycles. The van der Waals surface area contributed by atoms with Crippen molar-refractivity contribution in [3.05, 3.63) is 0 Å². The Hall–Kier alpha value is -1.10. The molecule has 1 heterocycles. The van der Waals surface area contributed by atoms with Gasteiger partial charge in [-0.2, -0.15) is 0 Å². The van der Waals surface area contributed by atoms with Crippen molar-refractivity contribution in [2.75, 3.05) is 13.1 Å². The molecule has 4 rings (SSSR count). The van der Waals surface area contributed by atoms with Crippen LogP contribution in [0, 0.1) is 35.0 Å². The van der Waals surface area contributed by atoms with Gasteiger partial charge in [-0.1, -0.05) is 20.8 Å². The van der Waals surface area contributed by atoms with Gasteiger partial charge in [0.15, 0.2) is 0 Å². The fourth-order valence-corrected chi connectivity index (χ4v) is 6.73. The van der Waals surface area contributed by atoms with Gasteiger partial charge in [-0.25, -0.2) is 0 Å². The van der Waals surface area contributed by atoms with E-state index in [0.717, 1.165) is 64.5 Å². The molecule has 4 aliphatic rings. The number of piperidine rings is 1. The molecule has 0 spiro atoms. The second-order valence-corrected chi connectivity index (χ2v) is 10.8. The average Bonchev–Trinajstić information content (AvgIpc) is 3.55. The number of carbonyl (C=O) groups is 2. The third kappa shape index (κ3) is 4.08. The average molecular weight is 405 g/mol. The summed E-state index contributed by atoms with van der Waals surface area (Å²) in [5.74, 6) is 0.967. The standard InChI is InChI=1S/C24H40N2O3/c1-15(23(29)26-13-5-4-6-14-26)18-9-11-24(3)12-10-19(16(2)20(24)21(18)27)25-22(28)17-7-8-17/h15-21,27H,4-14H2,1-3H3,(H,25,28). The van der Waals surface area contributed by atoms with Crippen molar-refractivity contribution in [2.45, 2.75) is 90.7 Å². The van der Waals surface area contributed by atoms with Gasteiger partial charge in [0.05, 0.1) is 6.10 Å². The van der Waals surface area contributed by atoms with Crippen molar-refractivity contribution in [3.8, 4) is 0 Å². The highest BCUT2D eigenvalue weighted by molar-refractivity contribution is 5.81. The number of rotatable bonds is 4. The van der Waals surface area contributed by atoms with E-state index < -0.39 is 6.10 Å². The lowest BCUT2D eigenvalue weighted by molar-refractivity contribution is -0.151. The zero-order valence-corrected chi connectivity index (χ0v) is 18.5. The number of aliphatic hydroxyl groups is 1. The van der Waals surface area contributed by atoms with Gasteiger partial charge in [0.1, 0.15) is 0 Å². The smallest absolute Gasteiger partial charge is 0.225 e. The van der Waals surface area contributed by atoms with Crippen LogP contribution >= 0.6 is 0 Å². The Morgan fingerprint density at radius 2 is 1.72 bits per heavy atom. The molecular weight excluding hydrogens is 364 g/mol. The van der Waals surface area contributed by atoms with Gasteiger partial charge >= 0.3 is 0 Å². The second kappa shape index (κ2) is 8.20. The Bertz CT molecular complexity index is 628. The third-order valence-corrected chi connectivity index (χ3v) is 8.86. The Morgan fingerprint density at radius 1 is 1.07 bits per heavy atom. The molecule has 2 N–H and O–H groups in total. The number of hydrogen-bond donors (Lipinski definition) is 2. The number of carbonyl (C=O) groups excluding carboxylic acids is 2. The molecule has 0 aromatic heterocycles. The van der Waals surface area contributed by atoms with E-state index >= 15 is 0 Å². The summed E-state index contributed by atoms with van der Waals surface area (Å²) in [6.07, 6.45) is 9.07. The normalized spacial score (nSPS) is 41.4. The number of hydrogen-bond acceptors (Lipinski definition) is 3. The van der Waals surface area contributed by atoms with Gasteiger partial charge in [0.25, 0.3) is 0 Å². The molecule has 0 radical (unpaired) electrons. The van der Waals surface area contributed by atoms with E-state index in [9.17, 15) is 14.7 Å². The lowest BCUT2D eigenvalue weighted by Crippen LogP contribution is -2.59. The van der Waals surface area contributed by atoms with Gasteiger partial charge < -0.3 is 15.3 Å². The first-order valence-electron chi connectivity index (χ1n) is 12.1.